The SMILES string of the molecule is COc1ccc(OC)c(-c2csc(NC(=O)c3ccc(Br)cc3)n2)c1. The molecule has 128 valence electrons. The number of ether oxygens (including phenoxy) is 2. The third-order valence-electron chi connectivity index (χ3n) is 3.51. The summed E-state index contributed by atoms with van der Waals surface area (Å²) in [4.78, 5) is 16.8. The van der Waals surface area contributed by atoms with Crippen LogP contribution in [0.1, 0.15) is 10.4 Å². The Bertz CT molecular complexity index is 894. The van der Waals surface area contributed by atoms with Crippen molar-refractivity contribution in [3.8, 4) is 22.8 Å². The molecule has 25 heavy (non-hydrogen) atoms. The summed E-state index contributed by atoms with van der Waals surface area (Å²) >= 11 is 4.71. The van der Waals surface area contributed by atoms with Crippen molar-refractivity contribution in [2.45, 2.75) is 0 Å². The molecule has 0 radical (unpaired) electrons. The van der Waals surface area contributed by atoms with Gasteiger partial charge in [0.05, 0.1) is 19.9 Å². The van der Waals surface area contributed by atoms with Gasteiger partial charge in [-0.25, -0.2) is 4.98 Å². The molecule has 0 aliphatic carbocycles. The fourth-order valence-electron chi connectivity index (χ4n) is 2.24. The Kier molecular flexibility index (Phi) is 5.35. The van der Waals surface area contributed by atoms with Crippen molar-refractivity contribution in [3.63, 3.8) is 0 Å². The Morgan fingerprint density at radius 3 is 2.56 bits per heavy atom. The Balaban J connectivity index is 1.83. The number of hydrogen-bond donors (Lipinski definition) is 1. The first-order valence-electron chi connectivity index (χ1n) is 7.35. The molecule has 0 atom stereocenters. The van der Waals surface area contributed by atoms with Crippen molar-refractivity contribution >= 4 is 38.3 Å². The van der Waals surface area contributed by atoms with Crippen LogP contribution < -0.4 is 14.8 Å². The van der Waals surface area contributed by atoms with Crippen LogP contribution in [0.15, 0.2) is 52.3 Å². The molecule has 3 aromatic rings. The molecule has 0 fully saturated rings. The first kappa shape index (κ1) is 17.4. The minimum Gasteiger partial charge on any atom is -0.497 e. The van der Waals surface area contributed by atoms with Gasteiger partial charge in [0.1, 0.15) is 11.5 Å². The average Bonchev–Trinajstić information content (AvgIpc) is 3.10. The third-order valence-corrected chi connectivity index (χ3v) is 4.80. The molecule has 2 aromatic carbocycles. The quantitative estimate of drug-likeness (QED) is 0.643. The number of carbonyl (C=O) groups excluding carboxylic acids is 1. The highest BCUT2D eigenvalue weighted by Gasteiger charge is 2.13. The molecule has 3 rings (SSSR count). The maximum absolute atomic E-state index is 12.3. The lowest BCUT2D eigenvalue weighted by Gasteiger charge is -2.08. The average molecular weight is 419 g/mol. The van der Waals surface area contributed by atoms with Gasteiger partial charge < -0.3 is 9.47 Å². The summed E-state index contributed by atoms with van der Waals surface area (Å²) in [5.41, 5.74) is 2.09. The number of hydrogen-bond acceptors (Lipinski definition) is 5. The summed E-state index contributed by atoms with van der Waals surface area (Å²) in [6, 6.07) is 12.7. The van der Waals surface area contributed by atoms with Crippen LogP contribution in [0.2, 0.25) is 0 Å². The number of halogens is 1. The molecule has 1 N–H and O–H groups in total. The van der Waals surface area contributed by atoms with E-state index in [0.29, 0.717) is 27.9 Å². The number of anilines is 1. The molecular formula is C18H15BrN2O3S. The highest BCUT2D eigenvalue weighted by atomic mass is 79.9. The van der Waals surface area contributed by atoms with Crippen LogP contribution in [-0.2, 0) is 0 Å². The van der Waals surface area contributed by atoms with Gasteiger partial charge in [-0.1, -0.05) is 15.9 Å². The van der Waals surface area contributed by atoms with E-state index in [9.17, 15) is 4.79 Å². The van der Waals surface area contributed by atoms with Gasteiger partial charge in [0.2, 0.25) is 0 Å². The molecular weight excluding hydrogens is 404 g/mol. The number of aromatic nitrogens is 1. The van der Waals surface area contributed by atoms with Gasteiger partial charge in [-0.2, -0.15) is 0 Å². The number of nitrogens with zero attached hydrogens (tertiary/aromatic N) is 1. The van der Waals surface area contributed by atoms with Crippen molar-refractivity contribution in [2.24, 2.45) is 0 Å². The largest absolute Gasteiger partial charge is 0.497 e. The van der Waals surface area contributed by atoms with Crippen molar-refractivity contribution in [2.75, 3.05) is 19.5 Å². The van der Waals surface area contributed by atoms with E-state index in [1.54, 1.807) is 26.4 Å². The number of benzene rings is 2. The van der Waals surface area contributed by atoms with Crippen molar-refractivity contribution in [1.29, 1.82) is 0 Å². The number of carbonyl (C=O) groups is 1. The highest BCUT2D eigenvalue weighted by molar-refractivity contribution is 9.10. The topological polar surface area (TPSA) is 60.5 Å². The summed E-state index contributed by atoms with van der Waals surface area (Å²) < 4.78 is 11.6. The van der Waals surface area contributed by atoms with Gasteiger partial charge in [0, 0.05) is 21.0 Å². The zero-order chi connectivity index (χ0) is 17.8. The molecule has 0 saturated carbocycles. The second-order valence-corrected chi connectivity index (χ2v) is 6.84. The van der Waals surface area contributed by atoms with Crippen LogP contribution >= 0.6 is 27.3 Å². The number of thiazole rings is 1. The molecule has 0 unspecified atom stereocenters. The van der Waals surface area contributed by atoms with E-state index in [2.05, 4.69) is 26.2 Å². The summed E-state index contributed by atoms with van der Waals surface area (Å²) in [7, 11) is 3.21. The fraction of sp³-hybridized carbons (Fsp3) is 0.111. The van der Waals surface area contributed by atoms with E-state index in [-0.39, 0.29) is 5.91 Å². The normalized spacial score (nSPS) is 10.4. The van der Waals surface area contributed by atoms with Gasteiger partial charge in [0.15, 0.2) is 5.13 Å². The molecule has 0 spiro atoms. The zero-order valence-corrected chi connectivity index (χ0v) is 16.0. The molecule has 0 bridgehead atoms. The van der Waals surface area contributed by atoms with Crippen molar-refractivity contribution in [3.05, 3.63) is 57.9 Å². The van der Waals surface area contributed by atoms with Crippen LogP contribution in [0.5, 0.6) is 11.5 Å². The van der Waals surface area contributed by atoms with Crippen LogP contribution in [-0.4, -0.2) is 25.1 Å². The zero-order valence-electron chi connectivity index (χ0n) is 13.6. The van der Waals surface area contributed by atoms with Crippen molar-refractivity contribution in [1.82, 2.24) is 4.98 Å². The monoisotopic (exact) mass is 418 g/mol. The highest BCUT2D eigenvalue weighted by Crippen LogP contribution is 2.35. The minimum atomic E-state index is -0.203. The predicted molar refractivity (Wildman–Crippen MR) is 103 cm³/mol. The van der Waals surface area contributed by atoms with Crippen LogP contribution in [0.4, 0.5) is 5.13 Å². The van der Waals surface area contributed by atoms with Gasteiger partial charge in [-0.3, -0.25) is 10.1 Å². The number of nitrogens with one attached hydrogen (secondary N) is 1. The maximum Gasteiger partial charge on any atom is 0.257 e. The molecule has 0 aliphatic rings. The van der Waals surface area contributed by atoms with Gasteiger partial charge in [0.25, 0.3) is 5.91 Å². The smallest absolute Gasteiger partial charge is 0.257 e. The molecule has 1 amide bonds. The summed E-state index contributed by atoms with van der Waals surface area (Å²) in [6.07, 6.45) is 0. The lowest BCUT2D eigenvalue weighted by Crippen LogP contribution is -2.11. The van der Waals surface area contributed by atoms with Crippen molar-refractivity contribution < 1.29 is 14.3 Å². The van der Waals surface area contributed by atoms with E-state index in [1.807, 2.05) is 35.7 Å². The molecule has 0 saturated heterocycles. The summed E-state index contributed by atoms with van der Waals surface area (Å²) in [5, 5.41) is 5.21. The molecule has 0 aliphatic heterocycles. The molecule has 1 aromatic heterocycles. The second-order valence-electron chi connectivity index (χ2n) is 5.07. The number of methoxy groups -OCH3 is 2. The van der Waals surface area contributed by atoms with Crippen LogP contribution in [0.3, 0.4) is 0 Å². The van der Waals surface area contributed by atoms with E-state index >= 15 is 0 Å². The first-order chi connectivity index (χ1) is 12.1. The summed E-state index contributed by atoms with van der Waals surface area (Å²) in [5.74, 6) is 1.20. The van der Waals surface area contributed by atoms with E-state index < -0.39 is 0 Å². The third kappa shape index (κ3) is 4.00. The lowest BCUT2D eigenvalue weighted by molar-refractivity contribution is 0.102. The van der Waals surface area contributed by atoms with Gasteiger partial charge >= 0.3 is 0 Å². The Hall–Kier alpha value is -2.38. The van der Waals surface area contributed by atoms with Crippen LogP contribution in [0, 0.1) is 0 Å². The standard InChI is InChI=1S/C18H15BrN2O3S/c1-23-13-7-8-16(24-2)14(9-13)15-10-25-18(20-15)21-17(22)11-3-5-12(19)6-4-11/h3-10H,1-2H3,(H,20,21,22). The Morgan fingerprint density at radius 2 is 1.88 bits per heavy atom. The Labute approximate surface area is 157 Å². The maximum atomic E-state index is 12.3. The predicted octanol–water partition coefficient (Wildman–Crippen LogP) is 4.84. The Morgan fingerprint density at radius 1 is 1.12 bits per heavy atom. The lowest BCUT2D eigenvalue weighted by atomic mass is 10.1. The minimum absolute atomic E-state index is 0.203. The first-order valence-corrected chi connectivity index (χ1v) is 9.03. The molecule has 5 nitrogen and oxygen atoms in total. The van der Waals surface area contributed by atoms with E-state index in [0.717, 1.165) is 10.0 Å². The molecule has 7 heteroatoms. The second kappa shape index (κ2) is 7.67. The molecule has 1 heterocycles. The van der Waals surface area contributed by atoms with E-state index in [1.165, 1.54) is 11.3 Å². The van der Waals surface area contributed by atoms with Crippen LogP contribution in [0.25, 0.3) is 11.3 Å². The van der Waals surface area contributed by atoms with Gasteiger partial charge in [-0.05, 0) is 42.5 Å². The van der Waals surface area contributed by atoms with E-state index in [4.69, 9.17) is 9.47 Å². The number of rotatable bonds is 5. The fourth-order valence-corrected chi connectivity index (χ4v) is 3.21. The summed E-state index contributed by atoms with van der Waals surface area (Å²) in [6.45, 7) is 0. The number of amides is 1. The van der Waals surface area contributed by atoms with Gasteiger partial charge in [-0.15, -0.1) is 11.3 Å².